The summed E-state index contributed by atoms with van der Waals surface area (Å²) in [5, 5.41) is 0.656. The van der Waals surface area contributed by atoms with E-state index in [4.69, 9.17) is 11.5 Å². The Morgan fingerprint density at radius 2 is 2.33 bits per heavy atom. The number of imidazole rings is 1. The lowest BCUT2D eigenvalue weighted by Crippen LogP contribution is -2.22. The predicted molar refractivity (Wildman–Crippen MR) is 70.4 cm³/mol. The zero-order chi connectivity index (χ0) is 13.3. The lowest BCUT2D eigenvalue weighted by Gasteiger charge is -2.17. The SMILES string of the molecule is CN(Cc1nccn1C)c1snc(N)c1C(N)=O. The maximum absolute atomic E-state index is 11.3. The first-order valence-corrected chi connectivity index (χ1v) is 6.00. The lowest BCUT2D eigenvalue weighted by atomic mass is 10.3. The summed E-state index contributed by atoms with van der Waals surface area (Å²) in [6, 6.07) is 0. The van der Waals surface area contributed by atoms with Gasteiger partial charge in [0.25, 0.3) is 5.91 Å². The molecule has 0 saturated carbocycles. The van der Waals surface area contributed by atoms with E-state index in [-0.39, 0.29) is 11.4 Å². The minimum atomic E-state index is -0.567. The predicted octanol–water partition coefficient (Wildman–Crippen LogP) is 0.194. The smallest absolute Gasteiger partial charge is 0.255 e. The highest BCUT2D eigenvalue weighted by molar-refractivity contribution is 7.11. The van der Waals surface area contributed by atoms with Crippen molar-refractivity contribution in [1.29, 1.82) is 0 Å². The van der Waals surface area contributed by atoms with E-state index in [2.05, 4.69) is 9.36 Å². The molecule has 0 aliphatic rings. The maximum Gasteiger partial charge on any atom is 0.255 e. The summed E-state index contributed by atoms with van der Waals surface area (Å²) in [4.78, 5) is 17.4. The van der Waals surface area contributed by atoms with Crippen molar-refractivity contribution in [3.05, 3.63) is 23.8 Å². The number of hydrogen-bond acceptors (Lipinski definition) is 6. The Balaban J connectivity index is 2.27. The second kappa shape index (κ2) is 4.65. The molecule has 18 heavy (non-hydrogen) atoms. The van der Waals surface area contributed by atoms with Crippen LogP contribution in [0.5, 0.6) is 0 Å². The van der Waals surface area contributed by atoms with Gasteiger partial charge in [-0.2, -0.15) is 4.37 Å². The summed E-state index contributed by atoms with van der Waals surface area (Å²) in [5.41, 5.74) is 11.2. The molecule has 0 radical (unpaired) electrons. The molecular weight excluding hydrogens is 252 g/mol. The van der Waals surface area contributed by atoms with Gasteiger partial charge in [-0.25, -0.2) is 4.98 Å². The number of aromatic nitrogens is 3. The molecular formula is C10H14N6OS. The maximum atomic E-state index is 11.3. The largest absolute Gasteiger partial charge is 0.382 e. The van der Waals surface area contributed by atoms with Crippen molar-refractivity contribution in [3.63, 3.8) is 0 Å². The number of anilines is 2. The van der Waals surface area contributed by atoms with Gasteiger partial charge in [-0.1, -0.05) is 0 Å². The van der Waals surface area contributed by atoms with Gasteiger partial charge in [0.15, 0.2) is 5.82 Å². The van der Waals surface area contributed by atoms with E-state index in [9.17, 15) is 4.79 Å². The number of carbonyl (C=O) groups is 1. The molecule has 2 aromatic heterocycles. The fraction of sp³-hybridized carbons (Fsp3) is 0.300. The van der Waals surface area contributed by atoms with Gasteiger partial charge in [0.1, 0.15) is 16.4 Å². The van der Waals surface area contributed by atoms with E-state index in [0.29, 0.717) is 11.5 Å². The summed E-state index contributed by atoms with van der Waals surface area (Å²) < 4.78 is 5.87. The third kappa shape index (κ3) is 2.14. The van der Waals surface area contributed by atoms with Crippen LogP contribution in [0.3, 0.4) is 0 Å². The number of amides is 1. The molecule has 0 atom stereocenters. The first kappa shape index (κ1) is 12.4. The van der Waals surface area contributed by atoms with Crippen LogP contribution in [0.1, 0.15) is 16.2 Å². The normalized spacial score (nSPS) is 10.6. The molecule has 7 nitrogen and oxygen atoms in total. The van der Waals surface area contributed by atoms with Gasteiger partial charge in [0.2, 0.25) is 0 Å². The molecule has 2 aromatic rings. The number of rotatable bonds is 4. The minimum absolute atomic E-state index is 0.175. The van der Waals surface area contributed by atoms with Crippen LogP contribution in [-0.4, -0.2) is 26.9 Å². The van der Waals surface area contributed by atoms with Gasteiger partial charge in [0.05, 0.1) is 6.54 Å². The van der Waals surface area contributed by atoms with Crippen LogP contribution < -0.4 is 16.4 Å². The van der Waals surface area contributed by atoms with Crippen LogP contribution in [0.15, 0.2) is 12.4 Å². The van der Waals surface area contributed by atoms with E-state index >= 15 is 0 Å². The van der Waals surface area contributed by atoms with Gasteiger partial charge in [-0.3, -0.25) is 4.79 Å². The standard InChI is InChI=1S/C10H14N6OS/c1-15-4-3-13-6(15)5-16(2)10-7(9(12)17)8(11)14-18-10/h3-4H,5H2,1-2H3,(H2,11,14)(H2,12,17). The second-order valence-electron chi connectivity index (χ2n) is 3.92. The van der Waals surface area contributed by atoms with Crippen LogP contribution in [0.4, 0.5) is 10.8 Å². The molecule has 0 aliphatic heterocycles. The quantitative estimate of drug-likeness (QED) is 0.822. The summed E-state index contributed by atoms with van der Waals surface area (Å²) in [6.07, 6.45) is 3.58. The van der Waals surface area contributed by atoms with Crippen LogP contribution in [0.2, 0.25) is 0 Å². The molecule has 0 aliphatic carbocycles. The number of nitrogens with two attached hydrogens (primary N) is 2. The average molecular weight is 266 g/mol. The van der Waals surface area contributed by atoms with Crippen LogP contribution in [0, 0.1) is 0 Å². The number of carbonyl (C=O) groups excluding carboxylic acids is 1. The van der Waals surface area contributed by atoms with Crippen molar-refractivity contribution in [2.24, 2.45) is 12.8 Å². The highest BCUT2D eigenvalue weighted by atomic mass is 32.1. The third-order valence-corrected chi connectivity index (χ3v) is 3.57. The Bertz CT molecular complexity index is 575. The highest BCUT2D eigenvalue weighted by Gasteiger charge is 2.20. The van der Waals surface area contributed by atoms with Gasteiger partial charge in [-0.05, 0) is 11.5 Å². The molecule has 0 saturated heterocycles. The fourth-order valence-corrected chi connectivity index (χ4v) is 2.39. The Morgan fingerprint density at radius 1 is 1.61 bits per heavy atom. The Hall–Kier alpha value is -2.09. The molecule has 96 valence electrons. The van der Waals surface area contributed by atoms with Crippen molar-refractivity contribution >= 4 is 28.3 Å². The summed E-state index contributed by atoms with van der Waals surface area (Å²) in [7, 11) is 3.75. The van der Waals surface area contributed by atoms with Crippen LogP contribution >= 0.6 is 11.5 Å². The summed E-state index contributed by atoms with van der Waals surface area (Å²) >= 11 is 1.15. The van der Waals surface area contributed by atoms with E-state index < -0.39 is 5.91 Å². The first-order valence-electron chi connectivity index (χ1n) is 5.23. The molecule has 2 rings (SSSR count). The summed E-state index contributed by atoms with van der Waals surface area (Å²) in [6.45, 7) is 0.547. The molecule has 8 heteroatoms. The summed E-state index contributed by atoms with van der Waals surface area (Å²) in [5.74, 6) is 0.483. The topological polar surface area (TPSA) is 103 Å². The number of hydrogen-bond donors (Lipinski definition) is 2. The Labute approximate surface area is 108 Å². The van der Waals surface area contributed by atoms with Crippen LogP contribution in [-0.2, 0) is 13.6 Å². The number of aryl methyl sites for hydroxylation is 1. The number of nitrogen functional groups attached to an aromatic ring is 1. The Morgan fingerprint density at radius 3 is 2.89 bits per heavy atom. The van der Waals surface area contributed by atoms with Crippen molar-refractivity contribution in [1.82, 2.24) is 13.9 Å². The van der Waals surface area contributed by atoms with E-state index in [1.54, 1.807) is 6.20 Å². The molecule has 0 aromatic carbocycles. The van der Waals surface area contributed by atoms with Crippen molar-refractivity contribution in [3.8, 4) is 0 Å². The zero-order valence-corrected chi connectivity index (χ0v) is 10.9. The van der Waals surface area contributed by atoms with E-state index in [1.165, 1.54) is 0 Å². The van der Waals surface area contributed by atoms with Crippen molar-refractivity contribution in [2.75, 3.05) is 17.7 Å². The Kier molecular flexibility index (Phi) is 3.19. The van der Waals surface area contributed by atoms with Crippen molar-refractivity contribution < 1.29 is 4.79 Å². The van der Waals surface area contributed by atoms with Crippen LogP contribution in [0.25, 0.3) is 0 Å². The fourth-order valence-electron chi connectivity index (χ4n) is 1.62. The first-order chi connectivity index (χ1) is 8.50. The average Bonchev–Trinajstić information content (AvgIpc) is 2.86. The third-order valence-electron chi connectivity index (χ3n) is 2.59. The molecule has 4 N–H and O–H groups in total. The number of nitrogens with zero attached hydrogens (tertiary/aromatic N) is 4. The molecule has 1 amide bonds. The van der Waals surface area contributed by atoms with Gasteiger partial charge < -0.3 is 20.9 Å². The second-order valence-corrected chi connectivity index (χ2v) is 4.67. The van der Waals surface area contributed by atoms with E-state index in [0.717, 1.165) is 17.4 Å². The molecule has 0 fully saturated rings. The molecule has 0 spiro atoms. The van der Waals surface area contributed by atoms with Gasteiger partial charge >= 0.3 is 0 Å². The van der Waals surface area contributed by atoms with Gasteiger partial charge in [0, 0.05) is 26.5 Å². The number of primary amides is 1. The molecule has 0 unspecified atom stereocenters. The molecule has 2 heterocycles. The monoisotopic (exact) mass is 266 g/mol. The molecule has 0 bridgehead atoms. The highest BCUT2D eigenvalue weighted by Crippen LogP contribution is 2.29. The lowest BCUT2D eigenvalue weighted by molar-refractivity contribution is 0.100. The van der Waals surface area contributed by atoms with E-state index in [1.807, 2.05) is 29.8 Å². The zero-order valence-electron chi connectivity index (χ0n) is 10.1. The van der Waals surface area contributed by atoms with Gasteiger partial charge in [-0.15, -0.1) is 0 Å². The minimum Gasteiger partial charge on any atom is -0.382 e. The van der Waals surface area contributed by atoms with Crippen molar-refractivity contribution in [2.45, 2.75) is 6.54 Å².